The fraction of sp³-hybridized carbons (Fsp3) is 0.538. The summed E-state index contributed by atoms with van der Waals surface area (Å²) in [7, 11) is 0. The van der Waals surface area contributed by atoms with Crippen LogP contribution in [0.25, 0.3) is 0 Å². The average molecular weight is 222 g/mol. The normalized spacial score (nSPS) is 17.8. The monoisotopic (exact) mass is 222 g/mol. The van der Waals surface area contributed by atoms with E-state index in [4.69, 9.17) is 0 Å². The van der Waals surface area contributed by atoms with Gasteiger partial charge in [-0.05, 0) is 25.6 Å². The lowest BCUT2D eigenvalue weighted by molar-refractivity contribution is 0.271. The van der Waals surface area contributed by atoms with Gasteiger partial charge in [-0.25, -0.2) is 4.39 Å². The molecule has 88 valence electrons. The number of likely N-dealkylation sites (N-methyl/N-ethyl adjacent to an activating group) is 1. The predicted molar refractivity (Wildman–Crippen MR) is 65.5 cm³/mol. The Morgan fingerprint density at radius 1 is 1.19 bits per heavy atom. The van der Waals surface area contributed by atoms with Crippen molar-refractivity contribution in [2.45, 2.75) is 13.8 Å². The van der Waals surface area contributed by atoms with Crippen LogP contribution in [-0.4, -0.2) is 37.6 Å². The molecular weight excluding hydrogens is 203 g/mol. The summed E-state index contributed by atoms with van der Waals surface area (Å²) in [6, 6.07) is 5.34. The number of rotatable bonds is 2. The molecule has 1 heterocycles. The lowest BCUT2D eigenvalue weighted by Crippen LogP contribution is -2.46. The van der Waals surface area contributed by atoms with Crippen molar-refractivity contribution in [3.05, 3.63) is 29.6 Å². The van der Waals surface area contributed by atoms with Gasteiger partial charge in [-0.15, -0.1) is 0 Å². The third-order valence-electron chi connectivity index (χ3n) is 3.40. The molecule has 1 aromatic rings. The van der Waals surface area contributed by atoms with Gasteiger partial charge in [0, 0.05) is 37.4 Å². The van der Waals surface area contributed by atoms with Crippen molar-refractivity contribution in [1.82, 2.24) is 4.90 Å². The molecule has 3 heteroatoms. The van der Waals surface area contributed by atoms with Crippen LogP contribution in [-0.2, 0) is 0 Å². The molecule has 1 aromatic carbocycles. The summed E-state index contributed by atoms with van der Waals surface area (Å²) in [6.07, 6.45) is 0. The second kappa shape index (κ2) is 4.83. The lowest BCUT2D eigenvalue weighted by Gasteiger charge is -2.36. The maximum atomic E-state index is 13.4. The molecule has 1 aliphatic heterocycles. The SMILES string of the molecule is CCN1CCN(c2cccc(F)c2C)CC1. The van der Waals surface area contributed by atoms with Crippen molar-refractivity contribution in [2.24, 2.45) is 0 Å². The molecule has 2 rings (SSSR count). The first-order valence-corrected chi connectivity index (χ1v) is 5.94. The van der Waals surface area contributed by atoms with E-state index in [2.05, 4.69) is 16.7 Å². The third kappa shape index (κ3) is 2.19. The summed E-state index contributed by atoms with van der Waals surface area (Å²) in [5.41, 5.74) is 1.82. The van der Waals surface area contributed by atoms with Gasteiger partial charge in [0.25, 0.3) is 0 Å². The number of benzene rings is 1. The Morgan fingerprint density at radius 2 is 1.88 bits per heavy atom. The summed E-state index contributed by atoms with van der Waals surface area (Å²) in [5.74, 6) is -0.101. The van der Waals surface area contributed by atoms with E-state index in [1.807, 2.05) is 13.0 Å². The molecule has 1 saturated heterocycles. The molecule has 0 aliphatic carbocycles. The molecule has 0 N–H and O–H groups in total. The van der Waals surface area contributed by atoms with Crippen LogP contribution in [0.4, 0.5) is 10.1 Å². The first-order chi connectivity index (χ1) is 7.72. The van der Waals surface area contributed by atoms with Crippen LogP contribution in [0.5, 0.6) is 0 Å². The van der Waals surface area contributed by atoms with Gasteiger partial charge in [0.2, 0.25) is 0 Å². The predicted octanol–water partition coefficient (Wildman–Crippen LogP) is 2.28. The Kier molecular flexibility index (Phi) is 3.44. The van der Waals surface area contributed by atoms with Gasteiger partial charge in [0.15, 0.2) is 0 Å². The Morgan fingerprint density at radius 3 is 2.50 bits per heavy atom. The van der Waals surface area contributed by atoms with Crippen molar-refractivity contribution in [2.75, 3.05) is 37.6 Å². The highest BCUT2D eigenvalue weighted by Gasteiger charge is 2.17. The molecule has 0 radical (unpaired) electrons. The lowest BCUT2D eigenvalue weighted by atomic mass is 10.1. The Labute approximate surface area is 96.7 Å². The molecule has 16 heavy (non-hydrogen) atoms. The second-order valence-electron chi connectivity index (χ2n) is 4.31. The molecule has 0 unspecified atom stereocenters. The van der Waals surface area contributed by atoms with Crippen LogP contribution < -0.4 is 4.90 Å². The number of nitrogens with zero attached hydrogens (tertiary/aromatic N) is 2. The number of hydrogen-bond acceptors (Lipinski definition) is 2. The highest BCUT2D eigenvalue weighted by Crippen LogP contribution is 2.23. The summed E-state index contributed by atoms with van der Waals surface area (Å²) in [4.78, 5) is 4.70. The minimum Gasteiger partial charge on any atom is -0.369 e. The number of hydrogen-bond donors (Lipinski definition) is 0. The van der Waals surface area contributed by atoms with Crippen LogP contribution in [0.2, 0.25) is 0 Å². The quantitative estimate of drug-likeness (QED) is 0.757. The van der Waals surface area contributed by atoms with E-state index in [0.29, 0.717) is 0 Å². The smallest absolute Gasteiger partial charge is 0.128 e. The van der Waals surface area contributed by atoms with Crippen LogP contribution in [0, 0.1) is 12.7 Å². The van der Waals surface area contributed by atoms with Gasteiger partial charge < -0.3 is 9.80 Å². The van der Waals surface area contributed by atoms with Crippen molar-refractivity contribution in [3.8, 4) is 0 Å². The zero-order chi connectivity index (χ0) is 11.5. The van der Waals surface area contributed by atoms with E-state index in [0.717, 1.165) is 44.0 Å². The largest absolute Gasteiger partial charge is 0.369 e. The van der Waals surface area contributed by atoms with E-state index in [1.165, 1.54) is 6.07 Å². The van der Waals surface area contributed by atoms with Gasteiger partial charge in [-0.2, -0.15) is 0 Å². The van der Waals surface area contributed by atoms with Crippen molar-refractivity contribution < 1.29 is 4.39 Å². The maximum absolute atomic E-state index is 13.4. The fourth-order valence-electron chi connectivity index (χ4n) is 2.24. The minimum atomic E-state index is -0.101. The molecule has 0 spiro atoms. The zero-order valence-corrected chi connectivity index (χ0v) is 10.0. The van der Waals surface area contributed by atoms with E-state index in [-0.39, 0.29) is 5.82 Å². The van der Waals surface area contributed by atoms with Gasteiger partial charge in [0.1, 0.15) is 5.82 Å². The first kappa shape index (κ1) is 11.4. The minimum absolute atomic E-state index is 0.101. The van der Waals surface area contributed by atoms with Gasteiger partial charge in [-0.3, -0.25) is 0 Å². The Hall–Kier alpha value is -1.09. The van der Waals surface area contributed by atoms with Gasteiger partial charge in [-0.1, -0.05) is 13.0 Å². The summed E-state index contributed by atoms with van der Waals surface area (Å²) < 4.78 is 13.4. The molecule has 0 saturated carbocycles. The van der Waals surface area contributed by atoms with Crippen molar-refractivity contribution in [3.63, 3.8) is 0 Å². The molecule has 0 bridgehead atoms. The molecule has 0 aromatic heterocycles. The topological polar surface area (TPSA) is 6.48 Å². The number of anilines is 1. The van der Waals surface area contributed by atoms with E-state index >= 15 is 0 Å². The maximum Gasteiger partial charge on any atom is 0.128 e. The molecule has 1 aliphatic rings. The van der Waals surface area contributed by atoms with Gasteiger partial charge >= 0.3 is 0 Å². The molecular formula is C13H19FN2. The highest BCUT2D eigenvalue weighted by atomic mass is 19.1. The van der Waals surface area contributed by atoms with Crippen LogP contribution in [0.15, 0.2) is 18.2 Å². The fourth-order valence-corrected chi connectivity index (χ4v) is 2.24. The zero-order valence-electron chi connectivity index (χ0n) is 10.0. The Bertz CT molecular complexity index is 357. The standard InChI is InChI=1S/C13H19FN2/c1-3-15-7-9-16(10-8-15)13-6-4-5-12(14)11(13)2/h4-6H,3,7-10H2,1-2H3. The average Bonchev–Trinajstić information content (AvgIpc) is 2.33. The number of halogens is 1. The van der Waals surface area contributed by atoms with E-state index < -0.39 is 0 Å². The number of piperazine rings is 1. The van der Waals surface area contributed by atoms with E-state index in [9.17, 15) is 4.39 Å². The summed E-state index contributed by atoms with van der Waals surface area (Å²) >= 11 is 0. The highest BCUT2D eigenvalue weighted by molar-refractivity contribution is 5.53. The first-order valence-electron chi connectivity index (χ1n) is 5.94. The summed E-state index contributed by atoms with van der Waals surface area (Å²) in [6.45, 7) is 9.30. The third-order valence-corrected chi connectivity index (χ3v) is 3.40. The molecule has 1 fully saturated rings. The van der Waals surface area contributed by atoms with Crippen molar-refractivity contribution in [1.29, 1.82) is 0 Å². The van der Waals surface area contributed by atoms with Crippen molar-refractivity contribution >= 4 is 5.69 Å². The second-order valence-corrected chi connectivity index (χ2v) is 4.31. The van der Waals surface area contributed by atoms with E-state index in [1.54, 1.807) is 6.07 Å². The van der Waals surface area contributed by atoms with Crippen LogP contribution in [0.1, 0.15) is 12.5 Å². The molecule has 2 nitrogen and oxygen atoms in total. The van der Waals surface area contributed by atoms with Crippen LogP contribution in [0.3, 0.4) is 0 Å². The Balaban J connectivity index is 2.11. The molecule has 0 amide bonds. The summed E-state index contributed by atoms with van der Waals surface area (Å²) in [5, 5.41) is 0. The van der Waals surface area contributed by atoms with Gasteiger partial charge in [0.05, 0.1) is 0 Å². The van der Waals surface area contributed by atoms with Crippen LogP contribution >= 0.6 is 0 Å². The molecule has 0 atom stereocenters.